The number of nitrogen functional groups attached to an aromatic ring is 1. The first-order chi connectivity index (χ1) is 15.9. The lowest BCUT2D eigenvalue weighted by molar-refractivity contribution is 0.0524. The maximum absolute atomic E-state index is 13.3. The molecule has 1 aliphatic carbocycles. The molecule has 1 fully saturated rings. The molecule has 0 amide bonds. The Labute approximate surface area is 196 Å². The molecule has 5 rings (SSSR count). The maximum atomic E-state index is 13.3. The van der Waals surface area contributed by atoms with Crippen LogP contribution < -0.4 is 16.1 Å². The van der Waals surface area contributed by atoms with E-state index in [1.165, 1.54) is 4.91 Å². The lowest BCUT2D eigenvalue weighted by Crippen LogP contribution is -2.36. The number of ether oxygens (including phenoxy) is 1. The number of benzene rings is 1. The van der Waals surface area contributed by atoms with Crippen LogP contribution in [0.2, 0.25) is 0 Å². The van der Waals surface area contributed by atoms with Crippen LogP contribution in [0.25, 0.3) is 10.9 Å². The molecule has 9 heteroatoms. The van der Waals surface area contributed by atoms with Gasteiger partial charge in [0.25, 0.3) is 0 Å². The number of hydrogen-bond acceptors (Lipinski definition) is 8. The molecule has 1 aromatic heterocycles. The van der Waals surface area contributed by atoms with Crippen LogP contribution in [0.3, 0.4) is 0 Å². The van der Waals surface area contributed by atoms with Gasteiger partial charge in [-0.15, -0.1) is 11.8 Å². The van der Waals surface area contributed by atoms with E-state index >= 15 is 0 Å². The van der Waals surface area contributed by atoms with E-state index in [1.54, 1.807) is 19.2 Å². The number of oxime groups is 1. The highest BCUT2D eigenvalue weighted by molar-refractivity contribution is 8.03. The third kappa shape index (κ3) is 3.68. The van der Waals surface area contributed by atoms with Crippen molar-refractivity contribution in [2.45, 2.75) is 45.6 Å². The lowest BCUT2D eigenvalue weighted by atomic mass is 9.98. The summed E-state index contributed by atoms with van der Waals surface area (Å²) in [4.78, 5) is 29.2. The molecule has 3 aliphatic rings. The molecule has 174 valence electrons. The van der Waals surface area contributed by atoms with Crippen molar-refractivity contribution in [2.75, 3.05) is 36.1 Å². The number of carbonyl (C=O) groups is 1. The van der Waals surface area contributed by atoms with Gasteiger partial charge in [-0.05, 0) is 49.6 Å². The Hall–Kier alpha value is -2.94. The molecule has 0 unspecified atom stereocenters. The Balaban J connectivity index is 1.66. The molecule has 0 radical (unpaired) electrons. The van der Waals surface area contributed by atoms with Crippen LogP contribution in [-0.4, -0.2) is 46.9 Å². The van der Waals surface area contributed by atoms with Gasteiger partial charge >= 0.3 is 5.97 Å². The van der Waals surface area contributed by atoms with Crippen molar-refractivity contribution in [2.24, 2.45) is 5.16 Å². The average molecular weight is 469 g/mol. The predicted octanol–water partition coefficient (Wildman–Crippen LogP) is 3.84. The van der Waals surface area contributed by atoms with Gasteiger partial charge in [-0.2, -0.15) is 0 Å². The highest BCUT2D eigenvalue weighted by atomic mass is 32.2. The molecule has 0 bridgehead atoms. The Morgan fingerprint density at radius 1 is 1.36 bits per heavy atom. The van der Waals surface area contributed by atoms with Crippen molar-refractivity contribution >= 4 is 45.7 Å². The molecule has 2 aliphatic heterocycles. The standard InChI is InChI=1S/C24H28N4O4S/c1-3-32-24(30)17-12-28(14-4-5-14)21-13(2)22(18(25)10-15(21)23(17)29)27-8-6-20-16(11-27)19(26-31)7-9-33-20/h10,12,14,31H,3-9,11,25H2,1-2H3/b26-19+. The van der Waals surface area contributed by atoms with Gasteiger partial charge < -0.3 is 25.1 Å². The molecule has 2 aromatic rings. The summed E-state index contributed by atoms with van der Waals surface area (Å²) in [5, 5.41) is 13.5. The van der Waals surface area contributed by atoms with E-state index in [9.17, 15) is 14.8 Å². The van der Waals surface area contributed by atoms with E-state index in [0.717, 1.165) is 66.0 Å². The fraction of sp³-hybridized carbons (Fsp3) is 0.458. The Bertz CT molecular complexity index is 1280. The highest BCUT2D eigenvalue weighted by Crippen LogP contribution is 2.43. The number of pyridine rings is 1. The average Bonchev–Trinajstić information content (AvgIpc) is 3.65. The number of anilines is 2. The highest BCUT2D eigenvalue weighted by Gasteiger charge is 2.32. The molecule has 0 spiro atoms. The Kier molecular flexibility index (Phi) is 5.60. The van der Waals surface area contributed by atoms with E-state index in [1.807, 2.05) is 18.7 Å². The largest absolute Gasteiger partial charge is 0.462 e. The van der Waals surface area contributed by atoms with Crippen molar-refractivity contribution in [1.82, 2.24) is 4.57 Å². The number of rotatable bonds is 4. The third-order valence-electron chi connectivity index (χ3n) is 6.68. The topological polar surface area (TPSA) is 110 Å². The van der Waals surface area contributed by atoms with Crippen LogP contribution in [0, 0.1) is 6.92 Å². The monoisotopic (exact) mass is 468 g/mol. The number of fused-ring (bicyclic) bond motifs is 1. The predicted molar refractivity (Wildman–Crippen MR) is 132 cm³/mol. The van der Waals surface area contributed by atoms with E-state index in [0.29, 0.717) is 17.6 Å². The Morgan fingerprint density at radius 2 is 2.15 bits per heavy atom. The first-order valence-electron chi connectivity index (χ1n) is 11.4. The quantitative estimate of drug-likeness (QED) is 0.304. The Morgan fingerprint density at radius 3 is 2.85 bits per heavy atom. The first-order valence-corrected chi connectivity index (χ1v) is 12.4. The summed E-state index contributed by atoms with van der Waals surface area (Å²) in [5.41, 5.74) is 11.3. The maximum Gasteiger partial charge on any atom is 0.343 e. The van der Waals surface area contributed by atoms with Gasteiger partial charge in [0.05, 0.1) is 29.2 Å². The minimum Gasteiger partial charge on any atom is -0.462 e. The zero-order valence-corrected chi connectivity index (χ0v) is 19.7. The molecular formula is C24H28N4O4S. The summed E-state index contributed by atoms with van der Waals surface area (Å²) in [7, 11) is 0. The van der Waals surface area contributed by atoms with Crippen molar-refractivity contribution < 1.29 is 14.7 Å². The molecule has 0 saturated heterocycles. The van der Waals surface area contributed by atoms with E-state index < -0.39 is 5.97 Å². The van der Waals surface area contributed by atoms with Crippen LogP contribution >= 0.6 is 11.8 Å². The molecule has 1 saturated carbocycles. The second kappa shape index (κ2) is 8.44. The lowest BCUT2D eigenvalue weighted by Gasteiger charge is -2.36. The second-order valence-corrected chi connectivity index (χ2v) is 9.97. The second-order valence-electron chi connectivity index (χ2n) is 8.78. The van der Waals surface area contributed by atoms with Crippen molar-refractivity contribution in [3.05, 3.63) is 44.1 Å². The van der Waals surface area contributed by atoms with Crippen LogP contribution in [0.15, 0.2) is 32.7 Å². The van der Waals surface area contributed by atoms with Crippen LogP contribution in [0.5, 0.6) is 0 Å². The number of nitrogens with zero attached hydrogens (tertiary/aromatic N) is 3. The zero-order valence-electron chi connectivity index (χ0n) is 18.9. The first kappa shape index (κ1) is 21.9. The van der Waals surface area contributed by atoms with Gasteiger partial charge in [-0.1, -0.05) is 5.16 Å². The van der Waals surface area contributed by atoms with E-state index in [4.69, 9.17) is 10.5 Å². The number of carbonyl (C=O) groups excluding carboxylic acids is 1. The van der Waals surface area contributed by atoms with Gasteiger partial charge in [0.15, 0.2) is 0 Å². The number of esters is 1. The molecular weight excluding hydrogens is 440 g/mol. The third-order valence-corrected chi connectivity index (χ3v) is 7.89. The number of nitrogens with two attached hydrogens (primary N) is 1. The number of aryl methyl sites for hydroxylation is 1. The van der Waals surface area contributed by atoms with Gasteiger partial charge in [0.1, 0.15) is 5.56 Å². The smallest absolute Gasteiger partial charge is 0.343 e. The van der Waals surface area contributed by atoms with E-state index in [-0.39, 0.29) is 23.6 Å². The molecule has 33 heavy (non-hydrogen) atoms. The summed E-state index contributed by atoms with van der Waals surface area (Å²) in [6.07, 6.45) is 5.29. The van der Waals surface area contributed by atoms with Crippen LogP contribution in [-0.2, 0) is 4.74 Å². The fourth-order valence-corrected chi connectivity index (χ4v) is 6.16. The molecule has 8 nitrogen and oxygen atoms in total. The number of hydrogen-bond donors (Lipinski definition) is 2. The summed E-state index contributed by atoms with van der Waals surface area (Å²) < 4.78 is 7.20. The fourth-order valence-electron chi connectivity index (χ4n) is 5.03. The summed E-state index contributed by atoms with van der Waals surface area (Å²) >= 11 is 1.84. The van der Waals surface area contributed by atoms with E-state index in [2.05, 4.69) is 14.6 Å². The van der Waals surface area contributed by atoms with Gasteiger partial charge in [0, 0.05) is 48.5 Å². The summed E-state index contributed by atoms with van der Waals surface area (Å²) in [6.45, 7) is 5.35. The minimum absolute atomic E-state index is 0.0543. The van der Waals surface area contributed by atoms with Gasteiger partial charge in [0.2, 0.25) is 5.43 Å². The SMILES string of the molecule is CCOC(=O)c1cn(C2CC2)c2c(C)c(N3CCC4=C(C3)/C(=N/O)CCS4)c(N)cc2c1=O. The minimum atomic E-state index is -0.597. The normalized spacial score (nSPS) is 19.8. The summed E-state index contributed by atoms with van der Waals surface area (Å²) in [5.74, 6) is 0.339. The number of thioether (sulfide) groups is 1. The van der Waals surface area contributed by atoms with Crippen molar-refractivity contribution in [3.8, 4) is 0 Å². The molecule has 0 atom stereocenters. The molecule has 3 N–H and O–H groups in total. The van der Waals surface area contributed by atoms with Gasteiger partial charge in [-0.25, -0.2) is 4.79 Å². The van der Waals surface area contributed by atoms with Crippen LogP contribution in [0.1, 0.15) is 54.6 Å². The zero-order chi connectivity index (χ0) is 23.3. The number of aromatic nitrogens is 1. The van der Waals surface area contributed by atoms with Gasteiger partial charge in [-0.3, -0.25) is 4.79 Å². The van der Waals surface area contributed by atoms with Crippen molar-refractivity contribution in [3.63, 3.8) is 0 Å². The van der Waals surface area contributed by atoms with Crippen LogP contribution in [0.4, 0.5) is 11.4 Å². The summed E-state index contributed by atoms with van der Waals surface area (Å²) in [6, 6.07) is 1.97. The van der Waals surface area contributed by atoms with Crippen molar-refractivity contribution in [1.29, 1.82) is 0 Å². The molecule has 3 heterocycles. The molecule has 1 aromatic carbocycles.